The van der Waals surface area contributed by atoms with Crippen LogP contribution in [-0.2, 0) is 38.1 Å². The molecule has 1 aromatic carbocycles. The van der Waals surface area contributed by atoms with Crippen molar-refractivity contribution < 1.29 is 38.1 Å². The fourth-order valence-electron chi connectivity index (χ4n) is 3.02. The second kappa shape index (κ2) is 8.98. The lowest BCUT2D eigenvalue weighted by molar-refractivity contribution is -0.148. The average Bonchev–Trinajstić information content (AvgIpc) is 2.66. The van der Waals surface area contributed by atoms with E-state index < -0.39 is 35.7 Å². The molecule has 0 bridgehead atoms. The molecule has 1 aliphatic rings. The van der Waals surface area contributed by atoms with Gasteiger partial charge in [0.15, 0.2) is 0 Å². The quantitative estimate of drug-likeness (QED) is 0.557. The molecule has 0 saturated heterocycles. The Labute approximate surface area is 161 Å². The van der Waals surface area contributed by atoms with Gasteiger partial charge in [-0.15, -0.1) is 0 Å². The normalized spacial score (nSPS) is 18.6. The number of esters is 4. The third-order valence-electron chi connectivity index (χ3n) is 4.02. The van der Waals surface area contributed by atoms with E-state index in [-0.39, 0.29) is 17.1 Å². The summed E-state index contributed by atoms with van der Waals surface area (Å²) in [5.41, 5.74) is 0.482. The standard InChI is InChI=1S/C20H20O8/c1-11(21)27-14-10-15(28-12(2)22)18(20(24)26-4)16(17(14)19(23)25-3)13-8-6-5-7-9-13/h5-10,16-17H,1-4H3/t16-,17+/m1/s1. The van der Waals surface area contributed by atoms with Crippen molar-refractivity contribution in [1.29, 1.82) is 0 Å². The van der Waals surface area contributed by atoms with Crippen LogP contribution in [0.4, 0.5) is 0 Å². The first kappa shape index (κ1) is 20.9. The summed E-state index contributed by atoms with van der Waals surface area (Å²) in [5, 5.41) is 0. The first-order valence-corrected chi connectivity index (χ1v) is 8.33. The summed E-state index contributed by atoms with van der Waals surface area (Å²) in [6.45, 7) is 2.32. The molecule has 0 aromatic heterocycles. The van der Waals surface area contributed by atoms with Crippen molar-refractivity contribution in [3.05, 3.63) is 59.1 Å². The molecule has 0 N–H and O–H groups in total. The maximum absolute atomic E-state index is 12.6. The summed E-state index contributed by atoms with van der Waals surface area (Å²) in [5.74, 6) is -5.29. The number of hydrogen-bond donors (Lipinski definition) is 0. The number of benzene rings is 1. The summed E-state index contributed by atoms with van der Waals surface area (Å²) in [4.78, 5) is 48.3. The molecule has 0 saturated carbocycles. The Kier molecular flexibility index (Phi) is 6.70. The summed E-state index contributed by atoms with van der Waals surface area (Å²) < 4.78 is 20.1. The van der Waals surface area contributed by atoms with Crippen LogP contribution in [0.5, 0.6) is 0 Å². The van der Waals surface area contributed by atoms with Gasteiger partial charge in [-0.2, -0.15) is 0 Å². The van der Waals surface area contributed by atoms with Crippen LogP contribution in [0.2, 0.25) is 0 Å². The zero-order valence-electron chi connectivity index (χ0n) is 15.9. The molecule has 0 amide bonds. The van der Waals surface area contributed by atoms with Crippen LogP contribution in [0, 0.1) is 5.92 Å². The van der Waals surface area contributed by atoms with Crippen molar-refractivity contribution in [2.24, 2.45) is 5.92 Å². The molecule has 8 nitrogen and oxygen atoms in total. The number of methoxy groups -OCH3 is 2. The third-order valence-corrected chi connectivity index (χ3v) is 4.02. The Bertz CT molecular complexity index is 850. The topological polar surface area (TPSA) is 105 Å². The Morgan fingerprint density at radius 3 is 1.96 bits per heavy atom. The van der Waals surface area contributed by atoms with Gasteiger partial charge in [0.25, 0.3) is 0 Å². The number of carbonyl (C=O) groups excluding carboxylic acids is 4. The highest BCUT2D eigenvalue weighted by Gasteiger charge is 2.45. The molecule has 0 aliphatic heterocycles. The van der Waals surface area contributed by atoms with Gasteiger partial charge >= 0.3 is 23.9 Å². The minimum Gasteiger partial charge on any atom is -0.468 e. The number of carbonyl (C=O) groups is 4. The van der Waals surface area contributed by atoms with Crippen molar-refractivity contribution in [1.82, 2.24) is 0 Å². The first-order valence-electron chi connectivity index (χ1n) is 8.33. The van der Waals surface area contributed by atoms with E-state index in [0.29, 0.717) is 5.56 Å². The van der Waals surface area contributed by atoms with Gasteiger partial charge in [-0.1, -0.05) is 30.3 Å². The molecule has 0 fully saturated rings. The lowest BCUT2D eigenvalue weighted by atomic mass is 9.75. The van der Waals surface area contributed by atoms with E-state index in [1.807, 2.05) is 0 Å². The lowest BCUT2D eigenvalue weighted by Gasteiger charge is -2.32. The smallest absolute Gasteiger partial charge is 0.338 e. The van der Waals surface area contributed by atoms with Crippen LogP contribution in [0.1, 0.15) is 25.3 Å². The number of ether oxygens (including phenoxy) is 4. The molecular formula is C20H20O8. The molecule has 0 unspecified atom stereocenters. The molecule has 1 aliphatic carbocycles. The van der Waals surface area contributed by atoms with Gasteiger partial charge in [-0.25, -0.2) is 4.79 Å². The SMILES string of the molecule is COC(=O)C1=C(OC(C)=O)C=C(OC(C)=O)[C@H](C(=O)OC)[C@H]1c1ccccc1. The van der Waals surface area contributed by atoms with Crippen molar-refractivity contribution in [2.45, 2.75) is 19.8 Å². The van der Waals surface area contributed by atoms with E-state index in [4.69, 9.17) is 18.9 Å². The molecule has 2 atom stereocenters. The Hall–Kier alpha value is -3.42. The molecule has 148 valence electrons. The van der Waals surface area contributed by atoms with Crippen molar-refractivity contribution >= 4 is 23.9 Å². The van der Waals surface area contributed by atoms with Gasteiger partial charge in [0.05, 0.1) is 19.8 Å². The largest absolute Gasteiger partial charge is 0.468 e. The number of hydrogen-bond acceptors (Lipinski definition) is 8. The molecule has 2 rings (SSSR count). The highest BCUT2D eigenvalue weighted by molar-refractivity contribution is 5.95. The molecule has 28 heavy (non-hydrogen) atoms. The number of allylic oxidation sites excluding steroid dienone is 1. The van der Waals surface area contributed by atoms with Gasteiger partial charge in [-0.3, -0.25) is 14.4 Å². The Morgan fingerprint density at radius 2 is 1.46 bits per heavy atom. The zero-order valence-corrected chi connectivity index (χ0v) is 15.9. The molecule has 0 radical (unpaired) electrons. The van der Waals surface area contributed by atoms with Crippen molar-refractivity contribution in [3.8, 4) is 0 Å². The third kappa shape index (κ3) is 4.46. The summed E-state index contributed by atoms with van der Waals surface area (Å²) in [6, 6.07) is 8.57. The first-order chi connectivity index (χ1) is 13.3. The minimum absolute atomic E-state index is 0.0600. The van der Waals surface area contributed by atoms with E-state index in [1.54, 1.807) is 30.3 Å². The summed E-state index contributed by atoms with van der Waals surface area (Å²) in [6.07, 6.45) is 1.16. The minimum atomic E-state index is -1.16. The van der Waals surface area contributed by atoms with E-state index in [9.17, 15) is 19.2 Å². The zero-order chi connectivity index (χ0) is 20.8. The van der Waals surface area contributed by atoms with Crippen molar-refractivity contribution in [2.75, 3.05) is 14.2 Å². The highest BCUT2D eigenvalue weighted by atomic mass is 16.6. The molecule has 1 aromatic rings. The van der Waals surface area contributed by atoms with E-state index in [2.05, 4.69) is 0 Å². The van der Waals surface area contributed by atoms with Gasteiger partial charge < -0.3 is 18.9 Å². The fraction of sp³-hybridized carbons (Fsp3) is 0.300. The molecular weight excluding hydrogens is 368 g/mol. The molecule has 8 heteroatoms. The molecule has 0 spiro atoms. The maximum Gasteiger partial charge on any atom is 0.338 e. The van der Waals surface area contributed by atoms with Crippen LogP contribution in [-0.4, -0.2) is 38.1 Å². The van der Waals surface area contributed by atoms with E-state index in [1.165, 1.54) is 14.2 Å². The number of rotatable bonds is 5. The van der Waals surface area contributed by atoms with Crippen LogP contribution in [0.15, 0.2) is 53.5 Å². The fourth-order valence-corrected chi connectivity index (χ4v) is 3.02. The van der Waals surface area contributed by atoms with E-state index >= 15 is 0 Å². The van der Waals surface area contributed by atoms with Crippen molar-refractivity contribution in [3.63, 3.8) is 0 Å². The van der Waals surface area contributed by atoms with Crippen LogP contribution in [0.25, 0.3) is 0 Å². The van der Waals surface area contributed by atoms with E-state index in [0.717, 1.165) is 19.9 Å². The van der Waals surface area contributed by atoms with Crippen LogP contribution >= 0.6 is 0 Å². The van der Waals surface area contributed by atoms with Gasteiger partial charge in [0.2, 0.25) is 0 Å². The van der Waals surface area contributed by atoms with Gasteiger partial charge in [0.1, 0.15) is 17.4 Å². The van der Waals surface area contributed by atoms with Gasteiger partial charge in [0, 0.05) is 25.8 Å². The maximum atomic E-state index is 12.6. The highest BCUT2D eigenvalue weighted by Crippen LogP contribution is 2.43. The second-order valence-corrected chi connectivity index (χ2v) is 5.89. The molecule has 0 heterocycles. The predicted molar refractivity (Wildman–Crippen MR) is 95.3 cm³/mol. The lowest BCUT2D eigenvalue weighted by Crippen LogP contribution is -2.34. The monoisotopic (exact) mass is 388 g/mol. The average molecular weight is 388 g/mol. The van der Waals surface area contributed by atoms with Crippen LogP contribution < -0.4 is 0 Å². The predicted octanol–water partition coefficient (Wildman–Crippen LogP) is 2.01. The summed E-state index contributed by atoms with van der Waals surface area (Å²) >= 11 is 0. The second-order valence-electron chi connectivity index (χ2n) is 5.89. The van der Waals surface area contributed by atoms with Crippen LogP contribution in [0.3, 0.4) is 0 Å². The Balaban J connectivity index is 2.80. The summed E-state index contributed by atoms with van der Waals surface area (Å²) in [7, 11) is 2.35. The van der Waals surface area contributed by atoms with Gasteiger partial charge in [-0.05, 0) is 5.56 Å². The Morgan fingerprint density at radius 1 is 0.857 bits per heavy atom.